The van der Waals surface area contributed by atoms with E-state index in [4.69, 9.17) is 6.42 Å². The van der Waals surface area contributed by atoms with Gasteiger partial charge < -0.3 is 5.32 Å². The molecular weight excluding hydrogens is 340 g/mol. The number of rotatable bonds is 5. The molecule has 1 saturated heterocycles. The molecule has 0 bridgehead atoms. The largest absolute Gasteiger partial charge is 0.344 e. The Labute approximate surface area is 139 Å². The molecule has 1 fully saturated rings. The van der Waals surface area contributed by atoms with Crippen molar-refractivity contribution in [1.82, 2.24) is 14.5 Å². The molecule has 9 heteroatoms. The molecule has 1 aromatic rings. The van der Waals surface area contributed by atoms with Gasteiger partial charge in [-0.1, -0.05) is 5.92 Å². The predicted octanol–water partition coefficient (Wildman–Crippen LogP) is 0.0205. The Morgan fingerprint density at radius 3 is 2.50 bits per heavy atom. The van der Waals surface area contributed by atoms with Crippen LogP contribution in [0.4, 0.5) is 8.78 Å². The van der Waals surface area contributed by atoms with Crippen molar-refractivity contribution >= 4 is 15.9 Å². The highest BCUT2D eigenvalue weighted by molar-refractivity contribution is 7.89. The molecule has 130 valence electrons. The number of hydrogen-bond acceptors (Lipinski definition) is 4. The fraction of sp³-hybridized carbons (Fsp3) is 0.400. The molecule has 1 heterocycles. The molecule has 24 heavy (non-hydrogen) atoms. The number of piperazine rings is 1. The summed E-state index contributed by atoms with van der Waals surface area (Å²) in [5.41, 5.74) is 0. The van der Waals surface area contributed by atoms with Gasteiger partial charge in [0.25, 0.3) is 0 Å². The lowest BCUT2D eigenvalue weighted by Gasteiger charge is -2.33. The zero-order chi connectivity index (χ0) is 17.7. The third-order valence-electron chi connectivity index (χ3n) is 3.60. The maximum atomic E-state index is 13.7. The van der Waals surface area contributed by atoms with E-state index in [1.807, 2.05) is 0 Å². The zero-order valence-corrected chi connectivity index (χ0v) is 13.7. The van der Waals surface area contributed by atoms with Crippen molar-refractivity contribution in [3.63, 3.8) is 0 Å². The van der Waals surface area contributed by atoms with Gasteiger partial charge in [0.05, 0.1) is 13.1 Å². The minimum absolute atomic E-state index is 0.112. The average molecular weight is 357 g/mol. The van der Waals surface area contributed by atoms with E-state index in [2.05, 4.69) is 11.2 Å². The summed E-state index contributed by atoms with van der Waals surface area (Å²) < 4.78 is 52.7. The van der Waals surface area contributed by atoms with Gasteiger partial charge in [-0.15, -0.1) is 6.42 Å². The Bertz CT molecular complexity index is 754. The number of carbonyl (C=O) groups is 1. The smallest absolute Gasteiger partial charge is 0.246 e. The van der Waals surface area contributed by atoms with Crippen molar-refractivity contribution < 1.29 is 22.0 Å². The summed E-state index contributed by atoms with van der Waals surface area (Å²) in [6.07, 6.45) is 5.05. The molecule has 0 spiro atoms. The van der Waals surface area contributed by atoms with Crippen LogP contribution < -0.4 is 5.32 Å². The highest BCUT2D eigenvalue weighted by Gasteiger charge is 2.31. The van der Waals surface area contributed by atoms with Crippen LogP contribution in [0.5, 0.6) is 0 Å². The fourth-order valence-electron chi connectivity index (χ4n) is 2.36. The predicted molar refractivity (Wildman–Crippen MR) is 83.4 cm³/mol. The molecule has 0 aliphatic carbocycles. The first-order valence-corrected chi connectivity index (χ1v) is 8.66. The van der Waals surface area contributed by atoms with E-state index in [9.17, 15) is 22.0 Å². The second kappa shape index (κ2) is 7.70. The summed E-state index contributed by atoms with van der Waals surface area (Å²) in [5.74, 6) is 0.0902. The Kier molecular flexibility index (Phi) is 5.88. The maximum absolute atomic E-state index is 13.7. The molecule has 0 aromatic heterocycles. The number of nitrogens with one attached hydrogen (secondary N) is 1. The van der Waals surface area contributed by atoms with E-state index < -0.39 is 26.6 Å². The van der Waals surface area contributed by atoms with Crippen molar-refractivity contribution in [1.29, 1.82) is 0 Å². The van der Waals surface area contributed by atoms with E-state index in [0.29, 0.717) is 19.2 Å². The van der Waals surface area contributed by atoms with Gasteiger partial charge in [0.2, 0.25) is 15.9 Å². The van der Waals surface area contributed by atoms with Crippen LogP contribution in [0.25, 0.3) is 0 Å². The molecule has 0 saturated carbocycles. The van der Waals surface area contributed by atoms with Crippen molar-refractivity contribution in [3.8, 4) is 12.3 Å². The molecule has 1 amide bonds. The topological polar surface area (TPSA) is 69.7 Å². The maximum Gasteiger partial charge on any atom is 0.246 e. The van der Waals surface area contributed by atoms with Gasteiger partial charge in [-0.25, -0.2) is 17.2 Å². The van der Waals surface area contributed by atoms with E-state index in [0.717, 1.165) is 16.4 Å². The SMILES string of the molecule is C#CCNC(=O)CN1CCN(S(=O)(=O)c2ccc(F)cc2F)CC1. The molecule has 0 radical (unpaired) electrons. The van der Waals surface area contributed by atoms with E-state index in [-0.39, 0.29) is 32.1 Å². The van der Waals surface area contributed by atoms with Crippen molar-refractivity contribution in [2.24, 2.45) is 0 Å². The van der Waals surface area contributed by atoms with Crippen molar-refractivity contribution in [2.45, 2.75) is 4.90 Å². The van der Waals surface area contributed by atoms with Gasteiger partial charge in [0, 0.05) is 32.2 Å². The molecular formula is C15H17F2N3O3S. The Hall–Kier alpha value is -2.02. The minimum Gasteiger partial charge on any atom is -0.344 e. The Morgan fingerprint density at radius 2 is 1.92 bits per heavy atom. The van der Waals surface area contributed by atoms with Crippen LogP contribution in [0, 0.1) is 24.0 Å². The fourth-order valence-corrected chi connectivity index (χ4v) is 3.83. The van der Waals surface area contributed by atoms with E-state index >= 15 is 0 Å². The van der Waals surface area contributed by atoms with E-state index in [1.54, 1.807) is 4.90 Å². The van der Waals surface area contributed by atoms with Gasteiger partial charge >= 0.3 is 0 Å². The van der Waals surface area contributed by atoms with Crippen LogP contribution in [-0.2, 0) is 14.8 Å². The number of nitrogens with zero attached hydrogens (tertiary/aromatic N) is 2. The van der Waals surface area contributed by atoms with Gasteiger partial charge in [0.1, 0.15) is 16.5 Å². The molecule has 2 rings (SSSR count). The molecule has 0 atom stereocenters. The lowest BCUT2D eigenvalue weighted by molar-refractivity contribution is -0.122. The molecule has 1 aliphatic rings. The third-order valence-corrected chi connectivity index (χ3v) is 5.53. The van der Waals surface area contributed by atoms with Gasteiger partial charge in [-0.05, 0) is 12.1 Å². The first kappa shape index (κ1) is 18.3. The summed E-state index contributed by atoms with van der Waals surface area (Å²) in [4.78, 5) is 12.8. The number of sulfonamides is 1. The number of halogens is 2. The number of benzene rings is 1. The summed E-state index contributed by atoms with van der Waals surface area (Å²) in [5, 5.41) is 2.53. The van der Waals surface area contributed by atoms with Crippen LogP contribution in [0.1, 0.15) is 0 Å². The molecule has 1 aliphatic heterocycles. The highest BCUT2D eigenvalue weighted by Crippen LogP contribution is 2.21. The lowest BCUT2D eigenvalue weighted by Crippen LogP contribution is -2.51. The van der Waals surface area contributed by atoms with Gasteiger partial charge in [0.15, 0.2) is 0 Å². The van der Waals surface area contributed by atoms with Crippen LogP contribution in [0.15, 0.2) is 23.1 Å². The highest BCUT2D eigenvalue weighted by atomic mass is 32.2. The summed E-state index contributed by atoms with van der Waals surface area (Å²) in [7, 11) is -4.04. The monoisotopic (exact) mass is 357 g/mol. The summed E-state index contributed by atoms with van der Waals surface area (Å²) in [6.45, 7) is 1.12. The summed E-state index contributed by atoms with van der Waals surface area (Å²) in [6, 6.07) is 2.36. The normalized spacial score (nSPS) is 16.5. The third kappa shape index (κ3) is 4.29. The standard InChI is InChI=1S/C15H17F2N3O3S/c1-2-5-18-15(21)11-19-6-8-20(9-7-19)24(22,23)14-4-3-12(16)10-13(14)17/h1,3-4,10H,5-9,11H2,(H,18,21). The number of amides is 1. The zero-order valence-electron chi connectivity index (χ0n) is 12.8. The first-order valence-electron chi connectivity index (χ1n) is 7.22. The van der Waals surface area contributed by atoms with Crippen LogP contribution in [-0.4, -0.2) is 62.8 Å². The summed E-state index contributed by atoms with van der Waals surface area (Å²) >= 11 is 0. The van der Waals surface area contributed by atoms with Gasteiger partial charge in [-0.2, -0.15) is 4.31 Å². The van der Waals surface area contributed by atoms with Crippen LogP contribution in [0.3, 0.4) is 0 Å². The van der Waals surface area contributed by atoms with Crippen LogP contribution >= 0.6 is 0 Å². The van der Waals surface area contributed by atoms with Crippen LogP contribution in [0.2, 0.25) is 0 Å². The van der Waals surface area contributed by atoms with Gasteiger partial charge in [-0.3, -0.25) is 9.69 Å². The van der Waals surface area contributed by atoms with Crippen molar-refractivity contribution in [2.75, 3.05) is 39.3 Å². The average Bonchev–Trinajstić information content (AvgIpc) is 2.53. The molecule has 6 nitrogen and oxygen atoms in total. The Morgan fingerprint density at radius 1 is 1.25 bits per heavy atom. The number of hydrogen-bond donors (Lipinski definition) is 1. The molecule has 1 aromatic carbocycles. The first-order chi connectivity index (χ1) is 11.3. The van der Waals surface area contributed by atoms with E-state index in [1.165, 1.54) is 0 Å². The molecule has 1 N–H and O–H groups in total. The van der Waals surface area contributed by atoms with Crippen molar-refractivity contribution in [3.05, 3.63) is 29.8 Å². The minimum atomic E-state index is -4.04. The molecule has 0 unspecified atom stereocenters. The number of terminal acetylenes is 1. The lowest BCUT2D eigenvalue weighted by atomic mass is 10.3. The quantitative estimate of drug-likeness (QED) is 0.755. The Balaban J connectivity index is 1.98. The second-order valence-electron chi connectivity index (χ2n) is 5.24. The second-order valence-corrected chi connectivity index (χ2v) is 7.14. The number of carbonyl (C=O) groups excluding carboxylic acids is 1.